The summed E-state index contributed by atoms with van der Waals surface area (Å²) in [4.78, 5) is 2.20. The quantitative estimate of drug-likeness (QED) is 0.827. The molecule has 3 nitrogen and oxygen atoms in total. The van der Waals surface area contributed by atoms with Gasteiger partial charge in [-0.15, -0.1) is 0 Å². The summed E-state index contributed by atoms with van der Waals surface area (Å²) >= 11 is 0. The molecule has 0 aromatic heterocycles. The number of nitriles is 1. The lowest BCUT2D eigenvalue weighted by atomic mass is 10.0. The summed E-state index contributed by atoms with van der Waals surface area (Å²) in [6.45, 7) is 2.58. The summed E-state index contributed by atoms with van der Waals surface area (Å²) in [6, 6.07) is 12.6. The van der Waals surface area contributed by atoms with Gasteiger partial charge in [-0.25, -0.2) is 0 Å². The fourth-order valence-corrected chi connectivity index (χ4v) is 2.14. The van der Waals surface area contributed by atoms with Gasteiger partial charge in [-0.3, -0.25) is 5.32 Å². The summed E-state index contributed by atoms with van der Waals surface area (Å²) in [5.41, 5.74) is 0.872. The maximum Gasteiger partial charge on any atom is 0.121 e. The standard InChI is InChI=1S/C13H17N3/c1-16-8-7-13(10-14,11-16)15-9-12-5-3-2-4-6-12/h2-6,15H,7-9,11H2,1H3. The van der Waals surface area contributed by atoms with Gasteiger partial charge in [0.05, 0.1) is 6.07 Å². The van der Waals surface area contributed by atoms with Gasteiger partial charge in [0, 0.05) is 19.6 Å². The Morgan fingerprint density at radius 3 is 2.75 bits per heavy atom. The van der Waals surface area contributed by atoms with Crippen molar-refractivity contribution in [2.24, 2.45) is 0 Å². The molecule has 1 N–H and O–H groups in total. The minimum Gasteiger partial charge on any atom is -0.303 e. The second-order valence-electron chi connectivity index (χ2n) is 4.52. The summed E-state index contributed by atoms with van der Waals surface area (Å²) in [5.74, 6) is 0. The van der Waals surface area contributed by atoms with E-state index in [2.05, 4.69) is 35.5 Å². The third kappa shape index (κ3) is 2.41. The zero-order valence-electron chi connectivity index (χ0n) is 9.61. The molecular formula is C13H17N3. The van der Waals surface area contributed by atoms with Crippen LogP contribution in [-0.4, -0.2) is 30.6 Å². The predicted octanol–water partition coefficient (Wildman–Crippen LogP) is 1.37. The molecule has 1 fully saturated rings. The van der Waals surface area contributed by atoms with Gasteiger partial charge in [0.15, 0.2) is 0 Å². The number of likely N-dealkylation sites (N-methyl/N-ethyl adjacent to an activating group) is 1. The van der Waals surface area contributed by atoms with Crippen LogP contribution in [0, 0.1) is 11.3 Å². The summed E-state index contributed by atoms with van der Waals surface area (Å²) < 4.78 is 0. The van der Waals surface area contributed by atoms with Crippen LogP contribution in [0.5, 0.6) is 0 Å². The second-order valence-corrected chi connectivity index (χ2v) is 4.52. The summed E-state index contributed by atoms with van der Waals surface area (Å²) in [5, 5.41) is 12.7. The zero-order valence-corrected chi connectivity index (χ0v) is 9.61. The molecular weight excluding hydrogens is 198 g/mol. The van der Waals surface area contributed by atoms with Crippen molar-refractivity contribution >= 4 is 0 Å². The first-order valence-corrected chi connectivity index (χ1v) is 5.63. The molecule has 0 spiro atoms. The highest BCUT2D eigenvalue weighted by molar-refractivity contribution is 5.18. The van der Waals surface area contributed by atoms with E-state index in [1.807, 2.05) is 18.2 Å². The Kier molecular flexibility index (Phi) is 3.23. The molecule has 1 aliphatic heterocycles. The fraction of sp³-hybridized carbons (Fsp3) is 0.462. The third-order valence-electron chi connectivity index (χ3n) is 3.15. The van der Waals surface area contributed by atoms with E-state index in [0.717, 1.165) is 26.1 Å². The molecule has 1 atom stereocenters. The lowest BCUT2D eigenvalue weighted by Gasteiger charge is -2.22. The fourth-order valence-electron chi connectivity index (χ4n) is 2.14. The average Bonchev–Trinajstić information content (AvgIpc) is 2.71. The van der Waals surface area contributed by atoms with E-state index in [-0.39, 0.29) is 5.54 Å². The Balaban J connectivity index is 1.97. The predicted molar refractivity (Wildman–Crippen MR) is 63.7 cm³/mol. The van der Waals surface area contributed by atoms with Crippen LogP contribution in [0.4, 0.5) is 0 Å². The minimum absolute atomic E-state index is 0.357. The van der Waals surface area contributed by atoms with Crippen molar-refractivity contribution in [2.45, 2.75) is 18.5 Å². The van der Waals surface area contributed by atoms with E-state index in [1.54, 1.807) is 0 Å². The van der Waals surface area contributed by atoms with Gasteiger partial charge in [-0.1, -0.05) is 30.3 Å². The minimum atomic E-state index is -0.357. The van der Waals surface area contributed by atoms with Crippen LogP contribution >= 0.6 is 0 Å². The number of hydrogen-bond acceptors (Lipinski definition) is 3. The third-order valence-corrected chi connectivity index (χ3v) is 3.15. The molecule has 1 aliphatic rings. The molecule has 0 saturated carbocycles. The Hall–Kier alpha value is -1.37. The average molecular weight is 215 g/mol. The van der Waals surface area contributed by atoms with E-state index in [4.69, 9.17) is 0 Å². The molecule has 16 heavy (non-hydrogen) atoms. The lowest BCUT2D eigenvalue weighted by molar-refractivity contribution is 0.364. The highest BCUT2D eigenvalue weighted by Crippen LogP contribution is 2.19. The van der Waals surface area contributed by atoms with Gasteiger partial charge in [-0.2, -0.15) is 5.26 Å². The monoisotopic (exact) mass is 215 g/mol. The van der Waals surface area contributed by atoms with Crippen molar-refractivity contribution in [2.75, 3.05) is 20.1 Å². The van der Waals surface area contributed by atoms with Gasteiger partial charge in [0.1, 0.15) is 5.54 Å². The van der Waals surface area contributed by atoms with E-state index in [1.165, 1.54) is 5.56 Å². The Morgan fingerprint density at radius 1 is 1.44 bits per heavy atom. The smallest absolute Gasteiger partial charge is 0.121 e. The van der Waals surface area contributed by atoms with Gasteiger partial charge >= 0.3 is 0 Å². The molecule has 1 heterocycles. The molecule has 1 unspecified atom stereocenters. The molecule has 3 heteroatoms. The van der Waals surface area contributed by atoms with Crippen LogP contribution in [0.15, 0.2) is 30.3 Å². The molecule has 1 saturated heterocycles. The SMILES string of the molecule is CN1CCC(C#N)(NCc2ccccc2)C1. The first kappa shape index (κ1) is 11.1. The molecule has 1 aromatic rings. The van der Waals surface area contributed by atoms with Gasteiger partial charge in [0.25, 0.3) is 0 Å². The van der Waals surface area contributed by atoms with E-state index >= 15 is 0 Å². The molecule has 84 valence electrons. The van der Waals surface area contributed by atoms with E-state index in [9.17, 15) is 5.26 Å². The molecule has 1 aromatic carbocycles. The summed E-state index contributed by atoms with van der Waals surface area (Å²) in [7, 11) is 2.06. The number of nitrogens with one attached hydrogen (secondary N) is 1. The van der Waals surface area contributed by atoms with Gasteiger partial charge in [0.2, 0.25) is 0 Å². The van der Waals surface area contributed by atoms with E-state index < -0.39 is 0 Å². The summed E-state index contributed by atoms with van der Waals surface area (Å²) in [6.07, 6.45) is 0.910. The van der Waals surface area contributed by atoms with Crippen LogP contribution in [-0.2, 0) is 6.54 Å². The number of nitrogens with zero attached hydrogens (tertiary/aromatic N) is 2. The van der Waals surface area contributed by atoms with Crippen molar-refractivity contribution in [3.8, 4) is 6.07 Å². The maximum atomic E-state index is 9.27. The Morgan fingerprint density at radius 2 is 2.19 bits per heavy atom. The van der Waals surface area contributed by atoms with Crippen LogP contribution in [0.25, 0.3) is 0 Å². The first-order chi connectivity index (χ1) is 7.74. The molecule has 0 radical (unpaired) electrons. The molecule has 0 aliphatic carbocycles. The maximum absolute atomic E-state index is 9.27. The van der Waals surface area contributed by atoms with Crippen molar-refractivity contribution in [1.82, 2.24) is 10.2 Å². The number of hydrogen-bond donors (Lipinski definition) is 1. The van der Waals surface area contributed by atoms with Crippen molar-refractivity contribution in [1.29, 1.82) is 5.26 Å². The highest BCUT2D eigenvalue weighted by Gasteiger charge is 2.36. The lowest BCUT2D eigenvalue weighted by Crippen LogP contribution is -2.45. The highest BCUT2D eigenvalue weighted by atomic mass is 15.2. The second kappa shape index (κ2) is 4.65. The first-order valence-electron chi connectivity index (χ1n) is 5.63. The van der Waals surface area contributed by atoms with Gasteiger partial charge < -0.3 is 4.90 Å². The molecule has 0 amide bonds. The van der Waals surface area contributed by atoms with Crippen LogP contribution in [0.1, 0.15) is 12.0 Å². The number of rotatable bonds is 3. The Labute approximate surface area is 96.7 Å². The number of likely N-dealkylation sites (tertiary alicyclic amines) is 1. The molecule has 2 rings (SSSR count). The zero-order chi connectivity index (χ0) is 11.4. The van der Waals surface area contributed by atoms with Crippen molar-refractivity contribution < 1.29 is 0 Å². The van der Waals surface area contributed by atoms with Crippen molar-refractivity contribution in [3.05, 3.63) is 35.9 Å². The Bertz CT molecular complexity index is 382. The topological polar surface area (TPSA) is 39.1 Å². The largest absolute Gasteiger partial charge is 0.303 e. The van der Waals surface area contributed by atoms with Crippen LogP contribution < -0.4 is 5.32 Å². The van der Waals surface area contributed by atoms with Gasteiger partial charge in [-0.05, 0) is 19.0 Å². The van der Waals surface area contributed by atoms with E-state index in [0.29, 0.717) is 0 Å². The number of benzene rings is 1. The van der Waals surface area contributed by atoms with Crippen LogP contribution in [0.2, 0.25) is 0 Å². The van der Waals surface area contributed by atoms with Crippen molar-refractivity contribution in [3.63, 3.8) is 0 Å². The normalized spacial score (nSPS) is 25.5. The molecule has 0 bridgehead atoms. The van der Waals surface area contributed by atoms with Crippen LogP contribution in [0.3, 0.4) is 0 Å².